The number of nitrogens with zero attached hydrogens (tertiary/aromatic N) is 1. The minimum Gasteiger partial charge on any atom is -0.361 e. The number of aromatic nitrogens is 1. The molecule has 4 rings (SSSR count). The topological polar surface area (TPSA) is 19.0 Å². The average Bonchev–Trinajstić information content (AvgIpc) is 3.14. The van der Waals surface area contributed by atoms with Gasteiger partial charge in [0.1, 0.15) is 0 Å². The van der Waals surface area contributed by atoms with Gasteiger partial charge < -0.3 is 4.98 Å². The lowest BCUT2D eigenvalue weighted by Crippen LogP contribution is -2.29. The average molecular weight is 359 g/mol. The molecule has 0 atom stereocenters. The lowest BCUT2D eigenvalue weighted by Gasteiger charge is -2.26. The minimum atomic E-state index is 1.09. The molecule has 2 nitrogen and oxygen atoms in total. The first kappa shape index (κ1) is 18.1. The summed E-state index contributed by atoms with van der Waals surface area (Å²) in [6.07, 6.45) is 10.6. The summed E-state index contributed by atoms with van der Waals surface area (Å²) in [6.45, 7) is 5.72. The summed E-state index contributed by atoms with van der Waals surface area (Å²) in [4.78, 5) is 6.03. The number of fused-ring (bicyclic) bond motifs is 1. The second-order valence-corrected chi connectivity index (χ2v) is 7.65. The first-order valence-corrected chi connectivity index (χ1v) is 10.4. The van der Waals surface area contributed by atoms with Gasteiger partial charge in [0.25, 0.3) is 0 Å². The van der Waals surface area contributed by atoms with Gasteiger partial charge in [0.2, 0.25) is 0 Å². The molecule has 1 N–H and O–H groups in total. The highest BCUT2D eigenvalue weighted by molar-refractivity contribution is 5.83. The third-order valence-electron chi connectivity index (χ3n) is 5.85. The van der Waals surface area contributed by atoms with Gasteiger partial charge in [0.05, 0.1) is 0 Å². The highest BCUT2D eigenvalue weighted by atomic mass is 15.1. The number of aromatic amines is 1. The monoisotopic (exact) mass is 358 g/mol. The van der Waals surface area contributed by atoms with Crippen LogP contribution in [0.4, 0.5) is 0 Å². The van der Waals surface area contributed by atoms with Gasteiger partial charge in [-0.25, -0.2) is 0 Å². The number of hydrogen-bond donors (Lipinski definition) is 1. The summed E-state index contributed by atoms with van der Waals surface area (Å²) >= 11 is 0. The van der Waals surface area contributed by atoms with Gasteiger partial charge in [-0.1, -0.05) is 49.4 Å². The first-order valence-electron chi connectivity index (χ1n) is 10.4. The second-order valence-electron chi connectivity index (χ2n) is 7.65. The van der Waals surface area contributed by atoms with Crippen LogP contribution in [0.1, 0.15) is 42.9 Å². The molecule has 1 aromatic heterocycles. The van der Waals surface area contributed by atoms with Crippen molar-refractivity contribution < 1.29 is 0 Å². The zero-order valence-corrected chi connectivity index (χ0v) is 16.4. The van der Waals surface area contributed by atoms with E-state index in [0.717, 1.165) is 13.0 Å². The van der Waals surface area contributed by atoms with Crippen LogP contribution in [0.2, 0.25) is 0 Å². The molecule has 2 heterocycles. The molecule has 1 aliphatic heterocycles. The van der Waals surface area contributed by atoms with E-state index in [1.807, 2.05) is 0 Å². The molecule has 3 aromatic rings. The molecule has 0 spiro atoms. The Morgan fingerprint density at radius 3 is 2.70 bits per heavy atom. The van der Waals surface area contributed by atoms with E-state index in [2.05, 4.69) is 77.6 Å². The Bertz CT molecular complexity index is 904. The van der Waals surface area contributed by atoms with Crippen LogP contribution in [0.25, 0.3) is 16.5 Å². The van der Waals surface area contributed by atoms with Crippen LogP contribution >= 0.6 is 0 Å². The van der Waals surface area contributed by atoms with E-state index in [-0.39, 0.29) is 0 Å². The lowest BCUT2D eigenvalue weighted by molar-refractivity contribution is 0.295. The molecule has 0 amide bonds. The quantitative estimate of drug-likeness (QED) is 0.526. The van der Waals surface area contributed by atoms with Crippen LogP contribution < -0.4 is 0 Å². The van der Waals surface area contributed by atoms with Gasteiger partial charge in [0.15, 0.2) is 0 Å². The van der Waals surface area contributed by atoms with Gasteiger partial charge in [-0.05, 0) is 73.0 Å². The molecule has 0 bridgehead atoms. The summed E-state index contributed by atoms with van der Waals surface area (Å²) in [5, 5.41) is 1.42. The molecule has 2 heteroatoms. The Labute approximate surface area is 162 Å². The van der Waals surface area contributed by atoms with Crippen molar-refractivity contribution in [1.82, 2.24) is 9.88 Å². The highest BCUT2D eigenvalue weighted by Gasteiger charge is 2.12. The fourth-order valence-corrected chi connectivity index (χ4v) is 4.13. The number of aryl methyl sites for hydroxylation is 2. The normalized spacial score (nSPS) is 15.2. The van der Waals surface area contributed by atoms with Gasteiger partial charge >= 0.3 is 0 Å². The Balaban J connectivity index is 1.26. The highest BCUT2D eigenvalue weighted by Crippen LogP contribution is 2.23. The molecule has 0 saturated carbocycles. The van der Waals surface area contributed by atoms with Crippen LogP contribution in [-0.4, -0.2) is 29.5 Å². The Kier molecular flexibility index (Phi) is 5.74. The van der Waals surface area contributed by atoms with E-state index in [9.17, 15) is 0 Å². The van der Waals surface area contributed by atoms with Crippen molar-refractivity contribution in [3.8, 4) is 0 Å². The molecule has 0 aliphatic carbocycles. The molecule has 1 aliphatic rings. The van der Waals surface area contributed by atoms with Gasteiger partial charge in [0, 0.05) is 30.2 Å². The van der Waals surface area contributed by atoms with Gasteiger partial charge in [-0.2, -0.15) is 0 Å². The van der Waals surface area contributed by atoms with Crippen molar-refractivity contribution >= 4 is 16.5 Å². The van der Waals surface area contributed by atoms with Crippen molar-refractivity contribution in [2.24, 2.45) is 0 Å². The predicted molar refractivity (Wildman–Crippen MR) is 116 cm³/mol. The molecule has 0 saturated heterocycles. The number of hydrogen-bond acceptors (Lipinski definition) is 1. The molecule has 0 fully saturated rings. The fourth-order valence-electron chi connectivity index (χ4n) is 4.13. The number of unbranched alkanes of at least 4 members (excludes halogenated alkanes) is 1. The SMILES string of the molecule is CCc1ccc2[nH]cc(CCCCN3CC=C(c4ccccc4)CC3)c2c1. The fraction of sp³-hybridized carbons (Fsp3) is 0.360. The Hall–Kier alpha value is -2.32. The van der Waals surface area contributed by atoms with Crippen molar-refractivity contribution in [1.29, 1.82) is 0 Å². The van der Waals surface area contributed by atoms with E-state index in [1.54, 1.807) is 0 Å². The maximum Gasteiger partial charge on any atom is 0.0456 e. The molecule has 0 radical (unpaired) electrons. The first-order chi connectivity index (χ1) is 13.3. The van der Waals surface area contributed by atoms with E-state index in [4.69, 9.17) is 0 Å². The molecule has 140 valence electrons. The second kappa shape index (κ2) is 8.58. The summed E-state index contributed by atoms with van der Waals surface area (Å²) in [5.74, 6) is 0. The standard InChI is InChI=1S/C25H30N2/c1-2-20-11-12-25-24(18-20)23(19-26-25)10-6-7-15-27-16-13-22(14-17-27)21-8-4-3-5-9-21/h3-5,8-9,11-13,18-19,26H,2,6-7,10,14-17H2,1H3. The Morgan fingerprint density at radius 2 is 1.93 bits per heavy atom. The van der Waals surface area contributed by atoms with Crippen LogP contribution in [0.3, 0.4) is 0 Å². The number of nitrogens with one attached hydrogen (secondary N) is 1. The lowest BCUT2D eigenvalue weighted by atomic mass is 9.99. The maximum absolute atomic E-state index is 3.43. The summed E-state index contributed by atoms with van der Waals surface area (Å²) in [6, 6.07) is 17.6. The molecular weight excluding hydrogens is 328 g/mol. The Morgan fingerprint density at radius 1 is 1.04 bits per heavy atom. The van der Waals surface area contributed by atoms with Gasteiger partial charge in [-0.15, -0.1) is 0 Å². The van der Waals surface area contributed by atoms with Crippen LogP contribution in [0.15, 0.2) is 60.8 Å². The van der Waals surface area contributed by atoms with Crippen molar-refractivity contribution in [2.75, 3.05) is 19.6 Å². The number of rotatable bonds is 7. The van der Waals surface area contributed by atoms with Gasteiger partial charge in [-0.3, -0.25) is 4.90 Å². The van der Waals surface area contributed by atoms with E-state index < -0.39 is 0 Å². The maximum atomic E-state index is 3.43. The van der Waals surface area contributed by atoms with Crippen molar-refractivity contribution in [3.63, 3.8) is 0 Å². The molecule has 27 heavy (non-hydrogen) atoms. The van der Waals surface area contributed by atoms with E-state index >= 15 is 0 Å². The minimum absolute atomic E-state index is 1.09. The number of benzene rings is 2. The van der Waals surface area contributed by atoms with Crippen LogP contribution in [0, 0.1) is 0 Å². The summed E-state index contributed by atoms with van der Waals surface area (Å²) in [5.41, 5.74) is 7.08. The predicted octanol–water partition coefficient (Wildman–Crippen LogP) is 5.84. The molecular formula is C25H30N2. The zero-order chi connectivity index (χ0) is 18.5. The van der Waals surface area contributed by atoms with Crippen molar-refractivity contribution in [3.05, 3.63) is 77.5 Å². The zero-order valence-electron chi connectivity index (χ0n) is 16.4. The summed E-state index contributed by atoms with van der Waals surface area (Å²) in [7, 11) is 0. The third-order valence-corrected chi connectivity index (χ3v) is 5.85. The molecule has 0 unspecified atom stereocenters. The van der Waals surface area contributed by atoms with Crippen molar-refractivity contribution in [2.45, 2.75) is 39.0 Å². The number of H-pyrrole nitrogens is 1. The van der Waals surface area contributed by atoms with E-state index in [0.29, 0.717) is 0 Å². The molecule has 2 aromatic carbocycles. The largest absolute Gasteiger partial charge is 0.361 e. The smallest absolute Gasteiger partial charge is 0.0456 e. The third kappa shape index (κ3) is 4.33. The van der Waals surface area contributed by atoms with E-state index in [1.165, 1.54) is 71.9 Å². The van der Waals surface area contributed by atoms with Crippen LogP contribution in [0.5, 0.6) is 0 Å². The van der Waals surface area contributed by atoms with Crippen LogP contribution in [-0.2, 0) is 12.8 Å². The summed E-state index contributed by atoms with van der Waals surface area (Å²) < 4.78 is 0.